The van der Waals surface area contributed by atoms with Gasteiger partial charge in [-0.25, -0.2) is 4.68 Å². The van der Waals surface area contributed by atoms with Crippen LogP contribution >= 0.6 is 11.6 Å². The Balaban J connectivity index is 1.43. The van der Waals surface area contributed by atoms with Crippen molar-refractivity contribution in [3.63, 3.8) is 0 Å². The van der Waals surface area contributed by atoms with Crippen molar-refractivity contribution in [1.29, 1.82) is 0 Å². The normalized spacial score (nSPS) is 16.6. The Bertz CT molecular complexity index is 1280. The number of carbonyl (C=O) groups excluding carboxylic acids is 1. The molecule has 1 aliphatic rings. The number of carbonyl (C=O) groups is 1. The van der Waals surface area contributed by atoms with E-state index in [9.17, 15) is 4.79 Å². The summed E-state index contributed by atoms with van der Waals surface area (Å²) in [5.74, 6) is 0.914. The van der Waals surface area contributed by atoms with Gasteiger partial charge >= 0.3 is 0 Å². The second-order valence-corrected chi connectivity index (χ2v) is 9.07. The minimum atomic E-state index is -0.0675. The van der Waals surface area contributed by atoms with Crippen LogP contribution in [0, 0.1) is 0 Å². The predicted octanol–water partition coefficient (Wildman–Crippen LogP) is 5.03. The third-order valence-electron chi connectivity index (χ3n) is 6.63. The fourth-order valence-electron chi connectivity index (χ4n) is 4.99. The molecule has 0 bridgehead atoms. The maximum Gasteiger partial charge on any atom is 0.223 e. The summed E-state index contributed by atoms with van der Waals surface area (Å²) in [6.07, 6.45) is 3.87. The Morgan fingerprint density at radius 3 is 2.65 bits per heavy atom. The van der Waals surface area contributed by atoms with E-state index in [1.807, 2.05) is 47.4 Å². The molecule has 2 heterocycles. The molecule has 0 spiro atoms. The highest BCUT2D eigenvalue weighted by Crippen LogP contribution is 2.39. The molecule has 7 nitrogen and oxygen atoms in total. The van der Waals surface area contributed by atoms with Crippen LogP contribution < -0.4 is 4.74 Å². The third-order valence-corrected chi connectivity index (χ3v) is 6.88. The molecule has 1 amide bonds. The van der Waals surface area contributed by atoms with Gasteiger partial charge in [-0.2, -0.15) is 0 Å². The summed E-state index contributed by atoms with van der Waals surface area (Å²) in [6, 6.07) is 20.1. The first-order valence-electron chi connectivity index (χ1n) is 11.5. The number of fused-ring (bicyclic) bond motifs is 1. The molecule has 0 radical (unpaired) electrons. The summed E-state index contributed by atoms with van der Waals surface area (Å²) >= 11 is 6.10. The van der Waals surface area contributed by atoms with E-state index < -0.39 is 0 Å². The first kappa shape index (κ1) is 22.3. The lowest BCUT2D eigenvalue weighted by molar-refractivity contribution is -0.132. The Labute approximate surface area is 203 Å². The van der Waals surface area contributed by atoms with E-state index in [4.69, 9.17) is 16.3 Å². The number of tetrazole rings is 1. The molecule has 0 N–H and O–H groups in total. The molecule has 1 fully saturated rings. The molecule has 0 unspecified atom stereocenters. The number of methoxy groups -OCH3 is 1. The Kier molecular flexibility index (Phi) is 6.45. The van der Waals surface area contributed by atoms with Gasteiger partial charge < -0.3 is 9.64 Å². The number of likely N-dealkylation sites (tertiary alicyclic amines) is 1. The average molecular weight is 476 g/mol. The maximum atomic E-state index is 13.7. The summed E-state index contributed by atoms with van der Waals surface area (Å²) in [7, 11) is 1.69. The van der Waals surface area contributed by atoms with Gasteiger partial charge in [-0.3, -0.25) is 4.79 Å². The van der Waals surface area contributed by atoms with E-state index in [0.717, 1.165) is 41.5 Å². The molecule has 2 atom stereocenters. The summed E-state index contributed by atoms with van der Waals surface area (Å²) in [4.78, 5) is 15.7. The number of amides is 1. The molecule has 8 heteroatoms. The van der Waals surface area contributed by atoms with Crippen LogP contribution in [-0.4, -0.2) is 44.7 Å². The van der Waals surface area contributed by atoms with Crippen molar-refractivity contribution in [2.24, 2.45) is 0 Å². The van der Waals surface area contributed by atoms with Crippen LogP contribution in [0.2, 0.25) is 5.02 Å². The topological polar surface area (TPSA) is 73.1 Å². The van der Waals surface area contributed by atoms with Crippen molar-refractivity contribution >= 4 is 28.3 Å². The molecule has 0 saturated carbocycles. The molecular formula is C26H26ClN5O2. The second-order valence-electron chi connectivity index (χ2n) is 8.63. The first-order chi connectivity index (χ1) is 16.6. The summed E-state index contributed by atoms with van der Waals surface area (Å²) < 4.78 is 7.24. The van der Waals surface area contributed by atoms with E-state index >= 15 is 0 Å². The van der Waals surface area contributed by atoms with Crippen LogP contribution in [0.1, 0.15) is 42.3 Å². The third kappa shape index (κ3) is 4.48. The van der Waals surface area contributed by atoms with Crippen LogP contribution in [0.3, 0.4) is 0 Å². The number of hydrogen-bond acceptors (Lipinski definition) is 5. The van der Waals surface area contributed by atoms with Crippen molar-refractivity contribution in [2.75, 3.05) is 13.7 Å². The number of nitrogens with zero attached hydrogens (tertiary/aromatic N) is 5. The zero-order valence-electron chi connectivity index (χ0n) is 19.0. The number of hydrogen-bond donors (Lipinski definition) is 0. The quantitative estimate of drug-likeness (QED) is 0.375. The lowest BCUT2D eigenvalue weighted by Crippen LogP contribution is -2.32. The van der Waals surface area contributed by atoms with Crippen molar-refractivity contribution in [3.8, 4) is 5.75 Å². The molecule has 1 aliphatic heterocycles. The van der Waals surface area contributed by atoms with Gasteiger partial charge in [0.2, 0.25) is 5.91 Å². The van der Waals surface area contributed by atoms with Gasteiger partial charge in [-0.1, -0.05) is 54.1 Å². The lowest BCUT2D eigenvalue weighted by atomic mass is 9.93. The van der Waals surface area contributed by atoms with Crippen molar-refractivity contribution < 1.29 is 9.53 Å². The van der Waals surface area contributed by atoms with Crippen LogP contribution in [0.25, 0.3) is 10.8 Å². The molecule has 1 saturated heterocycles. The zero-order chi connectivity index (χ0) is 23.5. The summed E-state index contributed by atoms with van der Waals surface area (Å²) in [5.41, 5.74) is 2.21. The highest BCUT2D eigenvalue weighted by molar-refractivity contribution is 6.30. The number of rotatable bonds is 7. The molecule has 5 rings (SSSR count). The minimum absolute atomic E-state index is 0.0437. The first-order valence-corrected chi connectivity index (χ1v) is 11.8. The zero-order valence-corrected chi connectivity index (χ0v) is 19.7. The van der Waals surface area contributed by atoms with Crippen LogP contribution in [0.15, 0.2) is 67.0 Å². The van der Waals surface area contributed by atoms with E-state index in [2.05, 4.69) is 33.7 Å². The van der Waals surface area contributed by atoms with E-state index in [1.54, 1.807) is 18.1 Å². The van der Waals surface area contributed by atoms with E-state index in [0.29, 0.717) is 18.0 Å². The summed E-state index contributed by atoms with van der Waals surface area (Å²) in [6.45, 7) is 1.27. The molecule has 3 aromatic carbocycles. The van der Waals surface area contributed by atoms with Crippen LogP contribution in [0.5, 0.6) is 5.75 Å². The fraction of sp³-hybridized carbons (Fsp3) is 0.308. The van der Waals surface area contributed by atoms with E-state index in [-0.39, 0.29) is 17.9 Å². The predicted molar refractivity (Wildman–Crippen MR) is 131 cm³/mol. The van der Waals surface area contributed by atoms with Gasteiger partial charge in [0.05, 0.1) is 19.7 Å². The van der Waals surface area contributed by atoms with Gasteiger partial charge in [-0.15, -0.1) is 5.10 Å². The minimum Gasteiger partial charge on any atom is -0.496 e. The molecule has 4 aromatic rings. The van der Waals surface area contributed by atoms with Crippen molar-refractivity contribution in [1.82, 2.24) is 25.1 Å². The van der Waals surface area contributed by atoms with Crippen LogP contribution in [-0.2, 0) is 11.3 Å². The Morgan fingerprint density at radius 1 is 1.12 bits per heavy atom. The van der Waals surface area contributed by atoms with Gasteiger partial charge in [0.25, 0.3) is 0 Å². The molecule has 0 aliphatic carbocycles. The SMILES string of the molecule is COc1ccc([C@H]2CCCN2C(=O)C[C@H](Cn2cnnn2)c2ccc(Cl)cc2)c2ccccc12. The van der Waals surface area contributed by atoms with Crippen molar-refractivity contribution in [2.45, 2.75) is 37.8 Å². The molecule has 1 aromatic heterocycles. The summed E-state index contributed by atoms with van der Waals surface area (Å²) in [5, 5.41) is 14.4. The molecule has 34 heavy (non-hydrogen) atoms. The van der Waals surface area contributed by atoms with E-state index in [1.165, 1.54) is 5.56 Å². The number of halogens is 1. The van der Waals surface area contributed by atoms with Gasteiger partial charge in [0.15, 0.2) is 0 Å². The average Bonchev–Trinajstić information content (AvgIpc) is 3.56. The maximum absolute atomic E-state index is 13.7. The Hall–Kier alpha value is -3.45. The largest absolute Gasteiger partial charge is 0.496 e. The fourth-order valence-corrected chi connectivity index (χ4v) is 5.12. The van der Waals surface area contributed by atoms with Gasteiger partial charge in [0.1, 0.15) is 12.1 Å². The van der Waals surface area contributed by atoms with Crippen LogP contribution in [0.4, 0.5) is 0 Å². The highest BCUT2D eigenvalue weighted by atomic mass is 35.5. The Morgan fingerprint density at radius 2 is 1.91 bits per heavy atom. The number of aromatic nitrogens is 4. The monoisotopic (exact) mass is 475 g/mol. The highest BCUT2D eigenvalue weighted by Gasteiger charge is 2.32. The molecule has 174 valence electrons. The molecular weight excluding hydrogens is 450 g/mol. The van der Waals surface area contributed by atoms with Gasteiger partial charge in [0, 0.05) is 29.3 Å². The smallest absolute Gasteiger partial charge is 0.223 e. The number of benzene rings is 3. The number of ether oxygens (including phenoxy) is 1. The van der Waals surface area contributed by atoms with Crippen molar-refractivity contribution in [3.05, 3.63) is 83.1 Å². The van der Waals surface area contributed by atoms with Gasteiger partial charge in [-0.05, 0) is 58.0 Å². The standard InChI is InChI=1S/C26H26ClN5O2/c1-34-25-13-12-22(21-5-2-3-6-23(21)25)24-7-4-14-32(24)26(33)15-19(16-31-17-28-29-30-31)18-8-10-20(27)11-9-18/h2-3,5-6,8-13,17,19,24H,4,7,14-16H2,1H3/t19-,24-/m1/s1. The lowest BCUT2D eigenvalue weighted by Gasteiger charge is -2.28. The second kappa shape index (κ2) is 9.81.